The van der Waals surface area contributed by atoms with Gasteiger partial charge < -0.3 is 20.4 Å². The Bertz CT molecular complexity index is 1420. The van der Waals surface area contributed by atoms with Crippen molar-refractivity contribution in [3.05, 3.63) is 96.1 Å². The zero-order chi connectivity index (χ0) is 26.4. The Morgan fingerprint density at radius 2 is 0.821 bits per heavy atom. The van der Waals surface area contributed by atoms with Crippen molar-refractivity contribution in [1.82, 2.24) is 0 Å². The predicted octanol–water partition coefficient (Wildman–Crippen LogP) is 6.71. The maximum Gasteiger partial charge on any atom is 0.339 e. The molecule has 4 rings (SSSR count). The molecule has 0 aromatic heterocycles. The summed E-state index contributed by atoms with van der Waals surface area (Å²) in [7, 11) is 0. The van der Waals surface area contributed by atoms with Crippen molar-refractivity contribution in [2.75, 3.05) is 0 Å². The van der Waals surface area contributed by atoms with Gasteiger partial charge >= 0.3 is 11.9 Å². The maximum absolute atomic E-state index is 11.1. The molecule has 0 saturated heterocycles. The van der Waals surface area contributed by atoms with Crippen molar-refractivity contribution in [2.45, 2.75) is 9.79 Å². The summed E-state index contributed by atoms with van der Waals surface area (Å²) in [5.41, 5.74) is 1.26. The molecule has 2 radical (unpaired) electrons. The average Bonchev–Trinajstić information content (AvgIpc) is 2.89. The Morgan fingerprint density at radius 3 is 1.15 bits per heavy atom. The largest absolute Gasteiger partial charge is 0.507 e. The Hall–Kier alpha value is -3.03. The van der Waals surface area contributed by atoms with Gasteiger partial charge in [0.2, 0.25) is 0 Å². The molecular formula is C26H18N4Na2O6S. The number of azo groups is 2. The first-order valence-electron chi connectivity index (χ1n) is 10.6. The minimum atomic E-state index is -1.25. The molecule has 39 heavy (non-hydrogen) atoms. The van der Waals surface area contributed by atoms with E-state index in [4.69, 9.17) is 10.2 Å². The fourth-order valence-electron chi connectivity index (χ4n) is 3.04. The Morgan fingerprint density at radius 1 is 0.513 bits per heavy atom. The average molecular weight is 560 g/mol. The molecule has 0 bridgehead atoms. The van der Waals surface area contributed by atoms with Crippen LogP contribution in [0.25, 0.3) is 0 Å². The molecule has 4 aromatic carbocycles. The molecule has 0 aliphatic rings. The SMILES string of the molecule is O=C(O)c1cc(N=Nc2ccc(Sc3ccc(N=Nc4ccc(O)c(C(=O)O)c4)cc3)cc2)ccc1O.[Na].[Na]. The Kier molecular flexibility index (Phi) is 12.3. The van der Waals surface area contributed by atoms with Crippen LogP contribution in [-0.2, 0) is 0 Å². The minimum Gasteiger partial charge on any atom is -0.507 e. The number of nitrogens with zero attached hydrogens (tertiary/aromatic N) is 4. The summed E-state index contributed by atoms with van der Waals surface area (Å²) >= 11 is 1.52. The molecule has 0 aliphatic heterocycles. The Balaban J connectivity index is 0.00000267. The molecule has 0 aliphatic carbocycles. The summed E-state index contributed by atoms with van der Waals surface area (Å²) in [6, 6.07) is 22.5. The van der Waals surface area contributed by atoms with Gasteiger partial charge in [-0.3, -0.25) is 0 Å². The number of hydrogen-bond donors (Lipinski definition) is 4. The normalized spacial score (nSPS) is 10.7. The zero-order valence-electron chi connectivity index (χ0n) is 20.9. The van der Waals surface area contributed by atoms with Gasteiger partial charge in [-0.25, -0.2) is 9.59 Å². The second kappa shape index (κ2) is 14.9. The summed E-state index contributed by atoms with van der Waals surface area (Å²) in [4.78, 5) is 24.1. The van der Waals surface area contributed by atoms with E-state index in [1.807, 2.05) is 24.3 Å². The Labute approximate surface area is 271 Å². The number of aromatic carboxylic acids is 2. The molecule has 0 unspecified atom stereocenters. The van der Waals surface area contributed by atoms with E-state index < -0.39 is 11.9 Å². The summed E-state index contributed by atoms with van der Waals surface area (Å²) in [6.45, 7) is 0. The van der Waals surface area contributed by atoms with Crippen molar-refractivity contribution in [2.24, 2.45) is 20.5 Å². The van der Waals surface area contributed by atoms with Gasteiger partial charge in [-0.15, -0.1) is 0 Å². The molecule has 13 heteroatoms. The molecule has 186 valence electrons. The minimum absolute atomic E-state index is 0. The number of aromatic hydroxyl groups is 2. The molecule has 4 N–H and O–H groups in total. The van der Waals surface area contributed by atoms with Gasteiger partial charge in [0.1, 0.15) is 22.6 Å². The van der Waals surface area contributed by atoms with E-state index in [0.29, 0.717) is 22.7 Å². The monoisotopic (exact) mass is 560 g/mol. The first kappa shape index (κ1) is 32.2. The van der Waals surface area contributed by atoms with Crippen LogP contribution in [0.5, 0.6) is 11.5 Å². The third-order valence-electron chi connectivity index (χ3n) is 4.89. The standard InChI is InChI=1S/C26H18N4O6S.2Na/c31-23-11-5-17(13-21(23)25(33)34)29-27-15-1-7-19(8-2-15)37-20-9-3-16(4-10-20)28-30-18-6-12-24(32)22(14-18)26(35)36;;/h1-14,31-32H,(H,33,34)(H,35,36);;. The maximum atomic E-state index is 11.1. The van der Waals surface area contributed by atoms with E-state index in [1.54, 1.807) is 24.3 Å². The molecule has 0 fully saturated rings. The zero-order valence-corrected chi connectivity index (χ0v) is 25.7. The van der Waals surface area contributed by atoms with E-state index >= 15 is 0 Å². The number of benzene rings is 4. The van der Waals surface area contributed by atoms with E-state index in [9.17, 15) is 19.8 Å². The number of carbonyl (C=O) groups is 2. The van der Waals surface area contributed by atoms with Crippen LogP contribution < -0.4 is 0 Å². The van der Waals surface area contributed by atoms with Gasteiger partial charge in [-0.05, 0) is 84.9 Å². The van der Waals surface area contributed by atoms with Crippen LogP contribution in [0.15, 0.2) is 115 Å². The number of phenols is 2. The van der Waals surface area contributed by atoms with Crippen LogP contribution in [0.4, 0.5) is 22.7 Å². The molecule has 0 spiro atoms. The first-order chi connectivity index (χ1) is 17.8. The van der Waals surface area contributed by atoms with Crippen molar-refractivity contribution in [1.29, 1.82) is 0 Å². The van der Waals surface area contributed by atoms with Crippen LogP contribution in [0.2, 0.25) is 0 Å². The summed E-state index contributed by atoms with van der Waals surface area (Å²) in [6.07, 6.45) is 0. The van der Waals surface area contributed by atoms with Crippen LogP contribution >= 0.6 is 11.8 Å². The smallest absolute Gasteiger partial charge is 0.339 e. The summed E-state index contributed by atoms with van der Waals surface area (Å²) in [5, 5.41) is 53.6. The quantitative estimate of drug-likeness (QED) is 0.137. The molecule has 10 nitrogen and oxygen atoms in total. The van der Waals surface area contributed by atoms with Crippen molar-refractivity contribution in [3.63, 3.8) is 0 Å². The number of rotatable bonds is 8. The van der Waals surface area contributed by atoms with E-state index in [-0.39, 0.29) is 81.7 Å². The molecular weight excluding hydrogens is 542 g/mol. The van der Waals surface area contributed by atoms with E-state index in [0.717, 1.165) is 9.79 Å². The third kappa shape index (κ3) is 9.01. The molecule has 0 atom stereocenters. The van der Waals surface area contributed by atoms with E-state index in [1.165, 1.54) is 48.2 Å². The second-order valence-corrected chi connectivity index (χ2v) is 8.65. The first-order valence-corrected chi connectivity index (χ1v) is 11.4. The summed E-state index contributed by atoms with van der Waals surface area (Å²) in [5.74, 6) is -3.18. The van der Waals surface area contributed by atoms with Gasteiger partial charge in [-0.1, -0.05) is 11.8 Å². The third-order valence-corrected chi connectivity index (χ3v) is 5.91. The molecule has 0 heterocycles. The van der Waals surface area contributed by atoms with Crippen LogP contribution in [0, 0.1) is 0 Å². The van der Waals surface area contributed by atoms with Gasteiger partial charge in [0.05, 0.1) is 22.7 Å². The van der Waals surface area contributed by atoms with Gasteiger partial charge in [0, 0.05) is 68.9 Å². The van der Waals surface area contributed by atoms with E-state index in [2.05, 4.69) is 20.5 Å². The number of carboxylic acid groups (broad SMARTS) is 2. The fourth-order valence-corrected chi connectivity index (χ4v) is 3.86. The van der Waals surface area contributed by atoms with Crippen LogP contribution in [0.3, 0.4) is 0 Å². The number of hydrogen-bond acceptors (Lipinski definition) is 9. The van der Waals surface area contributed by atoms with Crippen LogP contribution in [-0.4, -0.2) is 91.5 Å². The van der Waals surface area contributed by atoms with Gasteiger partial charge in [0.15, 0.2) is 0 Å². The van der Waals surface area contributed by atoms with Crippen molar-refractivity contribution in [3.8, 4) is 11.5 Å². The van der Waals surface area contributed by atoms with Gasteiger partial charge in [-0.2, -0.15) is 20.5 Å². The van der Waals surface area contributed by atoms with Crippen LogP contribution in [0.1, 0.15) is 20.7 Å². The van der Waals surface area contributed by atoms with Gasteiger partial charge in [0.25, 0.3) is 0 Å². The predicted molar refractivity (Wildman–Crippen MR) is 147 cm³/mol. The van der Waals surface area contributed by atoms with Crippen molar-refractivity contribution < 1.29 is 30.0 Å². The second-order valence-electron chi connectivity index (χ2n) is 7.50. The molecule has 0 amide bonds. The van der Waals surface area contributed by atoms with Crippen molar-refractivity contribution >= 4 is 106 Å². The fraction of sp³-hybridized carbons (Fsp3) is 0. The molecule has 4 aromatic rings. The molecule has 0 saturated carbocycles. The topological polar surface area (TPSA) is 164 Å². The number of carboxylic acids is 2. The summed E-state index contributed by atoms with van der Waals surface area (Å²) < 4.78 is 0.